The summed E-state index contributed by atoms with van der Waals surface area (Å²) in [5.74, 6) is -0.763. The minimum atomic E-state index is -0.763. The maximum atomic E-state index is 10.7. The molecule has 4 nitrogen and oxygen atoms in total. The maximum Gasteiger partial charge on any atom is 0.320 e. The van der Waals surface area contributed by atoms with E-state index in [1.54, 1.807) is 6.92 Å². The van der Waals surface area contributed by atoms with Crippen molar-refractivity contribution in [2.75, 3.05) is 13.1 Å². The summed E-state index contributed by atoms with van der Waals surface area (Å²) in [5, 5.41) is 8.82. The maximum absolute atomic E-state index is 10.7. The summed E-state index contributed by atoms with van der Waals surface area (Å²) < 4.78 is 5.51. The molecule has 4 heteroatoms. The fraction of sp³-hybridized carbons (Fsp3) is 0.889. The Hall–Kier alpha value is -0.610. The zero-order valence-corrected chi connectivity index (χ0v) is 8.36. The largest absolute Gasteiger partial charge is 0.480 e. The number of rotatable bonds is 2. The fourth-order valence-corrected chi connectivity index (χ4v) is 1.69. The highest BCUT2D eigenvalue weighted by atomic mass is 16.5. The second kappa shape index (κ2) is 4.07. The van der Waals surface area contributed by atoms with Gasteiger partial charge in [0.1, 0.15) is 6.04 Å². The van der Waals surface area contributed by atoms with Crippen molar-refractivity contribution in [2.45, 2.75) is 39.0 Å². The van der Waals surface area contributed by atoms with Gasteiger partial charge < -0.3 is 9.84 Å². The van der Waals surface area contributed by atoms with E-state index in [4.69, 9.17) is 9.84 Å². The monoisotopic (exact) mass is 187 g/mol. The molecule has 0 aromatic rings. The van der Waals surface area contributed by atoms with Crippen LogP contribution in [0.4, 0.5) is 0 Å². The van der Waals surface area contributed by atoms with Crippen LogP contribution in [0.15, 0.2) is 0 Å². The third-order valence-electron chi connectivity index (χ3n) is 2.35. The summed E-state index contributed by atoms with van der Waals surface area (Å²) >= 11 is 0. The minimum Gasteiger partial charge on any atom is -0.480 e. The van der Waals surface area contributed by atoms with Gasteiger partial charge in [0, 0.05) is 13.1 Å². The van der Waals surface area contributed by atoms with Gasteiger partial charge in [-0.1, -0.05) is 0 Å². The number of carbonyl (C=O) groups is 1. The van der Waals surface area contributed by atoms with E-state index in [2.05, 4.69) is 0 Å². The van der Waals surface area contributed by atoms with Crippen molar-refractivity contribution >= 4 is 5.97 Å². The van der Waals surface area contributed by atoms with Crippen LogP contribution >= 0.6 is 0 Å². The predicted molar refractivity (Wildman–Crippen MR) is 48.7 cm³/mol. The molecule has 1 rings (SSSR count). The van der Waals surface area contributed by atoms with Crippen LogP contribution in [-0.4, -0.2) is 47.3 Å². The third kappa shape index (κ3) is 2.67. The topological polar surface area (TPSA) is 49.8 Å². The van der Waals surface area contributed by atoms with E-state index in [0.717, 1.165) is 0 Å². The van der Waals surface area contributed by atoms with E-state index in [-0.39, 0.29) is 12.2 Å². The zero-order chi connectivity index (χ0) is 10.0. The predicted octanol–water partition coefficient (Wildman–Crippen LogP) is 0.569. The smallest absolute Gasteiger partial charge is 0.320 e. The summed E-state index contributed by atoms with van der Waals surface area (Å²) in [7, 11) is 0. The lowest BCUT2D eigenvalue weighted by Gasteiger charge is -2.37. The first kappa shape index (κ1) is 10.5. The van der Waals surface area contributed by atoms with Crippen LogP contribution in [0.2, 0.25) is 0 Å². The number of ether oxygens (including phenoxy) is 1. The number of aliphatic carboxylic acids is 1. The lowest BCUT2D eigenvalue weighted by molar-refractivity contribution is -0.147. The van der Waals surface area contributed by atoms with Gasteiger partial charge in [0.2, 0.25) is 0 Å². The van der Waals surface area contributed by atoms with Gasteiger partial charge in [-0.3, -0.25) is 9.69 Å². The second-order valence-electron chi connectivity index (χ2n) is 3.73. The van der Waals surface area contributed by atoms with Gasteiger partial charge in [-0.05, 0) is 20.8 Å². The van der Waals surface area contributed by atoms with Crippen LogP contribution in [0.25, 0.3) is 0 Å². The zero-order valence-electron chi connectivity index (χ0n) is 8.36. The summed E-state index contributed by atoms with van der Waals surface area (Å²) in [5.41, 5.74) is 0. The van der Waals surface area contributed by atoms with E-state index in [1.807, 2.05) is 18.7 Å². The van der Waals surface area contributed by atoms with Crippen molar-refractivity contribution in [3.05, 3.63) is 0 Å². The molecule has 1 aliphatic heterocycles. The van der Waals surface area contributed by atoms with Crippen LogP contribution < -0.4 is 0 Å². The molecule has 0 amide bonds. The van der Waals surface area contributed by atoms with Gasteiger partial charge in [-0.15, -0.1) is 0 Å². The molecule has 3 atom stereocenters. The van der Waals surface area contributed by atoms with E-state index >= 15 is 0 Å². The first-order valence-corrected chi connectivity index (χ1v) is 4.63. The normalized spacial score (nSPS) is 32.8. The Labute approximate surface area is 78.5 Å². The Morgan fingerprint density at radius 2 is 1.92 bits per heavy atom. The highest BCUT2D eigenvalue weighted by Crippen LogP contribution is 2.13. The van der Waals surface area contributed by atoms with Gasteiger partial charge >= 0.3 is 5.97 Å². The van der Waals surface area contributed by atoms with Crippen molar-refractivity contribution in [2.24, 2.45) is 0 Å². The minimum absolute atomic E-state index is 0.130. The van der Waals surface area contributed by atoms with Gasteiger partial charge in [0.25, 0.3) is 0 Å². The van der Waals surface area contributed by atoms with Crippen LogP contribution in [0.5, 0.6) is 0 Å². The standard InChI is InChI=1S/C9H17NO3/c1-6-4-10(5-7(2)13-6)8(3)9(11)12/h6-8H,4-5H2,1-3H3,(H,11,12)/t6-,7-,8-/m0/s1. The lowest BCUT2D eigenvalue weighted by atomic mass is 10.2. The van der Waals surface area contributed by atoms with E-state index < -0.39 is 12.0 Å². The molecule has 0 bridgehead atoms. The molecule has 0 aromatic carbocycles. The SMILES string of the molecule is C[C@H]1CN([C@@H](C)C(=O)O)C[C@H](C)O1. The Bertz CT molecular complexity index is 185. The lowest BCUT2D eigenvalue weighted by Crippen LogP contribution is -2.51. The van der Waals surface area contributed by atoms with Gasteiger partial charge in [0.05, 0.1) is 12.2 Å². The molecule has 1 aliphatic rings. The van der Waals surface area contributed by atoms with Crippen molar-refractivity contribution in [1.29, 1.82) is 0 Å². The van der Waals surface area contributed by atoms with Crippen LogP contribution in [0.3, 0.4) is 0 Å². The number of nitrogens with zero attached hydrogens (tertiary/aromatic N) is 1. The van der Waals surface area contributed by atoms with Gasteiger partial charge in [-0.25, -0.2) is 0 Å². The molecule has 1 fully saturated rings. The molecule has 0 unspecified atom stereocenters. The molecule has 1 saturated heterocycles. The highest BCUT2D eigenvalue weighted by molar-refractivity contribution is 5.72. The quantitative estimate of drug-likeness (QED) is 0.686. The highest BCUT2D eigenvalue weighted by Gasteiger charge is 2.28. The van der Waals surface area contributed by atoms with E-state index in [0.29, 0.717) is 13.1 Å². The summed E-state index contributed by atoms with van der Waals surface area (Å²) in [6.07, 6.45) is 0.260. The molecule has 0 radical (unpaired) electrons. The molecule has 1 heterocycles. The Morgan fingerprint density at radius 3 is 2.31 bits per heavy atom. The molecule has 76 valence electrons. The van der Waals surface area contributed by atoms with E-state index in [1.165, 1.54) is 0 Å². The van der Waals surface area contributed by atoms with Crippen molar-refractivity contribution in [1.82, 2.24) is 4.90 Å². The summed E-state index contributed by atoms with van der Waals surface area (Å²) in [6, 6.07) is -0.409. The average Bonchev–Trinajstić information content (AvgIpc) is 2.01. The molecular formula is C9H17NO3. The molecule has 0 aromatic heterocycles. The average molecular weight is 187 g/mol. The Morgan fingerprint density at radius 1 is 1.46 bits per heavy atom. The molecule has 13 heavy (non-hydrogen) atoms. The molecule has 0 saturated carbocycles. The number of carboxylic acid groups (broad SMARTS) is 1. The van der Waals surface area contributed by atoms with Crippen molar-refractivity contribution < 1.29 is 14.6 Å². The number of hydrogen-bond acceptors (Lipinski definition) is 3. The second-order valence-corrected chi connectivity index (χ2v) is 3.73. The summed E-state index contributed by atoms with van der Waals surface area (Å²) in [4.78, 5) is 12.7. The van der Waals surface area contributed by atoms with Crippen LogP contribution in [-0.2, 0) is 9.53 Å². The number of carboxylic acids is 1. The first-order chi connectivity index (χ1) is 6.00. The third-order valence-corrected chi connectivity index (χ3v) is 2.35. The van der Waals surface area contributed by atoms with Crippen LogP contribution in [0.1, 0.15) is 20.8 Å². The Kier molecular flexibility index (Phi) is 3.27. The first-order valence-electron chi connectivity index (χ1n) is 4.63. The van der Waals surface area contributed by atoms with E-state index in [9.17, 15) is 4.79 Å². The Balaban J connectivity index is 2.54. The van der Waals surface area contributed by atoms with Gasteiger partial charge in [-0.2, -0.15) is 0 Å². The van der Waals surface area contributed by atoms with Gasteiger partial charge in [0.15, 0.2) is 0 Å². The number of morpholine rings is 1. The van der Waals surface area contributed by atoms with Crippen molar-refractivity contribution in [3.8, 4) is 0 Å². The molecule has 1 N–H and O–H groups in total. The fourth-order valence-electron chi connectivity index (χ4n) is 1.69. The number of hydrogen-bond donors (Lipinski definition) is 1. The molecule has 0 aliphatic carbocycles. The van der Waals surface area contributed by atoms with Crippen LogP contribution in [0, 0.1) is 0 Å². The van der Waals surface area contributed by atoms with Crippen molar-refractivity contribution in [3.63, 3.8) is 0 Å². The molecule has 0 spiro atoms. The summed E-state index contributed by atoms with van der Waals surface area (Å²) in [6.45, 7) is 7.07. The molecular weight excluding hydrogens is 170 g/mol.